The highest BCUT2D eigenvalue weighted by atomic mass is 79.9. The van der Waals surface area contributed by atoms with Crippen molar-refractivity contribution in [3.8, 4) is 11.8 Å². The Morgan fingerprint density at radius 2 is 2.05 bits per heavy atom. The molecule has 0 aliphatic heterocycles. The van der Waals surface area contributed by atoms with Gasteiger partial charge < -0.3 is 10.5 Å². The summed E-state index contributed by atoms with van der Waals surface area (Å²) in [5.74, 6) is 0.659. The van der Waals surface area contributed by atoms with Gasteiger partial charge in [0.25, 0.3) is 0 Å². The van der Waals surface area contributed by atoms with Crippen LogP contribution in [0, 0.1) is 18.3 Å². The van der Waals surface area contributed by atoms with Crippen molar-refractivity contribution in [2.45, 2.75) is 13.5 Å². The van der Waals surface area contributed by atoms with E-state index in [2.05, 4.69) is 22.0 Å². The van der Waals surface area contributed by atoms with E-state index in [0.29, 0.717) is 23.6 Å². The van der Waals surface area contributed by atoms with E-state index < -0.39 is 0 Å². The van der Waals surface area contributed by atoms with Crippen LogP contribution >= 0.6 is 15.9 Å². The Bertz CT molecular complexity index is 647. The van der Waals surface area contributed by atoms with Gasteiger partial charge in [0.15, 0.2) is 0 Å². The number of nitrogens with zero attached hydrogens (tertiary/aromatic N) is 1. The van der Waals surface area contributed by atoms with Gasteiger partial charge in [0.2, 0.25) is 0 Å². The van der Waals surface area contributed by atoms with Gasteiger partial charge in [0.05, 0.1) is 17.3 Å². The molecule has 0 radical (unpaired) electrons. The minimum atomic E-state index is 0.434. The number of benzene rings is 2. The highest BCUT2D eigenvalue weighted by molar-refractivity contribution is 9.10. The summed E-state index contributed by atoms with van der Waals surface area (Å²) in [4.78, 5) is 0. The molecule has 0 bridgehead atoms. The van der Waals surface area contributed by atoms with Crippen molar-refractivity contribution in [2.75, 3.05) is 5.73 Å². The molecule has 2 aromatic rings. The maximum Gasteiger partial charge on any atom is 0.142 e. The molecule has 2 aromatic carbocycles. The first-order chi connectivity index (χ1) is 9.10. The molecule has 0 heterocycles. The summed E-state index contributed by atoms with van der Waals surface area (Å²) >= 11 is 3.35. The summed E-state index contributed by atoms with van der Waals surface area (Å²) in [5, 5.41) is 8.82. The lowest BCUT2D eigenvalue weighted by molar-refractivity contribution is 0.307. The molecule has 0 spiro atoms. The highest BCUT2D eigenvalue weighted by Gasteiger charge is 2.04. The van der Waals surface area contributed by atoms with Gasteiger partial charge in [-0.05, 0) is 48.4 Å². The second-order valence-electron chi connectivity index (χ2n) is 4.22. The van der Waals surface area contributed by atoms with Gasteiger partial charge in [0, 0.05) is 4.47 Å². The predicted molar refractivity (Wildman–Crippen MR) is 78.8 cm³/mol. The molecule has 0 saturated heterocycles. The van der Waals surface area contributed by atoms with Crippen LogP contribution in [-0.2, 0) is 6.61 Å². The van der Waals surface area contributed by atoms with Crippen LogP contribution in [0.4, 0.5) is 5.69 Å². The zero-order valence-corrected chi connectivity index (χ0v) is 12.1. The standard InChI is InChI=1S/C15H13BrN2O/c1-10-6-11(8-17)2-3-12(10)9-19-15-5-4-13(16)7-14(15)18/h2-7H,9,18H2,1H3. The fourth-order valence-electron chi connectivity index (χ4n) is 1.73. The van der Waals surface area contributed by atoms with Crippen molar-refractivity contribution >= 4 is 21.6 Å². The SMILES string of the molecule is Cc1cc(C#N)ccc1COc1ccc(Br)cc1N. The second kappa shape index (κ2) is 5.77. The van der Waals surface area contributed by atoms with E-state index in [1.54, 1.807) is 12.1 Å². The number of hydrogen-bond donors (Lipinski definition) is 1. The lowest BCUT2D eigenvalue weighted by Crippen LogP contribution is -2.00. The van der Waals surface area contributed by atoms with Gasteiger partial charge in [-0.1, -0.05) is 22.0 Å². The number of nitrogens with two attached hydrogens (primary N) is 1. The Kier molecular flexibility index (Phi) is 4.08. The van der Waals surface area contributed by atoms with E-state index >= 15 is 0 Å². The third-order valence-electron chi connectivity index (χ3n) is 2.83. The molecule has 0 atom stereocenters. The smallest absolute Gasteiger partial charge is 0.142 e. The Balaban J connectivity index is 2.13. The van der Waals surface area contributed by atoms with Crippen molar-refractivity contribution in [2.24, 2.45) is 0 Å². The minimum Gasteiger partial charge on any atom is -0.487 e. The zero-order chi connectivity index (χ0) is 13.8. The van der Waals surface area contributed by atoms with E-state index in [-0.39, 0.29) is 0 Å². The molecule has 0 unspecified atom stereocenters. The third-order valence-corrected chi connectivity index (χ3v) is 3.32. The first kappa shape index (κ1) is 13.4. The van der Waals surface area contributed by atoms with E-state index in [0.717, 1.165) is 15.6 Å². The quantitative estimate of drug-likeness (QED) is 0.876. The van der Waals surface area contributed by atoms with E-state index in [1.807, 2.05) is 31.2 Å². The minimum absolute atomic E-state index is 0.434. The second-order valence-corrected chi connectivity index (χ2v) is 5.14. The maximum absolute atomic E-state index is 8.82. The van der Waals surface area contributed by atoms with Crippen LogP contribution in [0.3, 0.4) is 0 Å². The molecule has 96 valence electrons. The number of anilines is 1. The summed E-state index contributed by atoms with van der Waals surface area (Å²) in [5.41, 5.74) is 9.21. The normalized spacial score (nSPS) is 9.95. The molecule has 0 aromatic heterocycles. The molecule has 0 aliphatic rings. The molecular formula is C15H13BrN2O. The van der Waals surface area contributed by atoms with Crippen molar-refractivity contribution in [1.29, 1.82) is 5.26 Å². The average Bonchev–Trinajstić information content (AvgIpc) is 2.39. The average molecular weight is 317 g/mol. The molecular weight excluding hydrogens is 304 g/mol. The number of halogens is 1. The molecule has 2 N–H and O–H groups in total. The summed E-state index contributed by atoms with van der Waals surface area (Å²) in [6, 6.07) is 13.2. The Labute approximate surface area is 120 Å². The van der Waals surface area contributed by atoms with Gasteiger partial charge in [-0.2, -0.15) is 5.26 Å². The lowest BCUT2D eigenvalue weighted by atomic mass is 10.1. The van der Waals surface area contributed by atoms with Crippen molar-refractivity contribution in [3.05, 3.63) is 57.6 Å². The van der Waals surface area contributed by atoms with Crippen LogP contribution in [0.25, 0.3) is 0 Å². The van der Waals surface area contributed by atoms with Gasteiger partial charge in [-0.15, -0.1) is 0 Å². The topological polar surface area (TPSA) is 59.0 Å². The van der Waals surface area contributed by atoms with Crippen LogP contribution in [0.5, 0.6) is 5.75 Å². The van der Waals surface area contributed by atoms with Crippen molar-refractivity contribution < 1.29 is 4.74 Å². The maximum atomic E-state index is 8.82. The number of nitriles is 1. The fourth-order valence-corrected chi connectivity index (χ4v) is 2.11. The van der Waals surface area contributed by atoms with Crippen LogP contribution in [0.2, 0.25) is 0 Å². The molecule has 0 aliphatic carbocycles. The molecule has 3 nitrogen and oxygen atoms in total. The van der Waals surface area contributed by atoms with Gasteiger partial charge >= 0.3 is 0 Å². The Morgan fingerprint density at radius 3 is 2.68 bits per heavy atom. The van der Waals surface area contributed by atoms with Gasteiger partial charge in [-0.25, -0.2) is 0 Å². The summed E-state index contributed by atoms with van der Waals surface area (Å²) in [6.45, 7) is 2.40. The summed E-state index contributed by atoms with van der Waals surface area (Å²) in [7, 11) is 0. The molecule has 0 amide bonds. The van der Waals surface area contributed by atoms with Crippen LogP contribution < -0.4 is 10.5 Å². The third kappa shape index (κ3) is 3.27. The molecule has 0 saturated carbocycles. The van der Waals surface area contributed by atoms with Crippen LogP contribution in [-0.4, -0.2) is 0 Å². The van der Waals surface area contributed by atoms with Gasteiger partial charge in [0.1, 0.15) is 12.4 Å². The number of ether oxygens (including phenoxy) is 1. The van der Waals surface area contributed by atoms with Crippen molar-refractivity contribution in [1.82, 2.24) is 0 Å². The van der Waals surface area contributed by atoms with E-state index in [4.69, 9.17) is 15.7 Å². The van der Waals surface area contributed by atoms with Crippen molar-refractivity contribution in [3.63, 3.8) is 0 Å². The van der Waals surface area contributed by atoms with E-state index in [1.165, 1.54) is 0 Å². The monoisotopic (exact) mass is 316 g/mol. The number of rotatable bonds is 3. The zero-order valence-electron chi connectivity index (χ0n) is 10.5. The Hall–Kier alpha value is -1.99. The number of hydrogen-bond acceptors (Lipinski definition) is 3. The highest BCUT2D eigenvalue weighted by Crippen LogP contribution is 2.26. The summed E-state index contributed by atoms with van der Waals surface area (Å²) in [6.07, 6.45) is 0. The van der Waals surface area contributed by atoms with Crippen LogP contribution in [0.15, 0.2) is 40.9 Å². The first-order valence-corrected chi connectivity index (χ1v) is 6.57. The van der Waals surface area contributed by atoms with Gasteiger partial charge in [-0.3, -0.25) is 0 Å². The fraction of sp³-hybridized carbons (Fsp3) is 0.133. The molecule has 0 fully saturated rings. The molecule has 19 heavy (non-hydrogen) atoms. The number of nitrogen functional groups attached to an aromatic ring is 1. The first-order valence-electron chi connectivity index (χ1n) is 5.77. The Morgan fingerprint density at radius 1 is 1.26 bits per heavy atom. The molecule has 4 heteroatoms. The van der Waals surface area contributed by atoms with Crippen LogP contribution in [0.1, 0.15) is 16.7 Å². The lowest BCUT2D eigenvalue weighted by Gasteiger charge is -2.11. The largest absolute Gasteiger partial charge is 0.487 e. The predicted octanol–water partition coefficient (Wildman–Crippen LogP) is 3.79. The number of aryl methyl sites for hydroxylation is 1. The molecule has 2 rings (SSSR count). The summed E-state index contributed by atoms with van der Waals surface area (Å²) < 4.78 is 6.63. The van der Waals surface area contributed by atoms with E-state index in [9.17, 15) is 0 Å².